The Bertz CT molecular complexity index is 932. The number of hydrogen-bond acceptors (Lipinski definition) is 7. The molecule has 3 rings (SSSR count). The van der Waals surface area contributed by atoms with E-state index in [1.54, 1.807) is 31.6 Å². The lowest BCUT2D eigenvalue weighted by Crippen LogP contribution is -2.30. The number of carbonyl (C=O) groups is 1. The maximum Gasteiger partial charge on any atom is 0.325 e. The molecule has 0 radical (unpaired) electrons. The molecule has 0 bridgehead atoms. The monoisotopic (exact) mass is 372 g/mol. The smallest absolute Gasteiger partial charge is 0.325 e. The van der Waals surface area contributed by atoms with Crippen molar-refractivity contribution >= 4 is 5.97 Å². The van der Waals surface area contributed by atoms with E-state index in [0.29, 0.717) is 17.0 Å². The Labute approximate surface area is 153 Å². The van der Waals surface area contributed by atoms with Crippen LogP contribution in [0.5, 0.6) is 0 Å². The molecule has 0 aliphatic rings. The maximum absolute atomic E-state index is 13.6. The number of aliphatic carboxylic acids is 1. The fraction of sp³-hybridized carbons (Fsp3) is 0.222. The molecule has 2 N–H and O–H groups in total. The van der Waals surface area contributed by atoms with Crippen LogP contribution in [0.3, 0.4) is 0 Å². The minimum absolute atomic E-state index is 0.0313. The number of carboxylic acids is 1. The maximum atomic E-state index is 13.6. The van der Waals surface area contributed by atoms with Crippen molar-refractivity contribution in [3.8, 4) is 11.4 Å². The number of aliphatic hydroxyl groups excluding tert-OH is 1. The SMILES string of the molecule is CN(Cc1nc(-c2cccnc2)no1)C(C(=O)O)c1ccc(F)c(CO)c1. The summed E-state index contributed by atoms with van der Waals surface area (Å²) < 4.78 is 18.8. The molecule has 0 spiro atoms. The summed E-state index contributed by atoms with van der Waals surface area (Å²) in [6.07, 6.45) is 3.21. The van der Waals surface area contributed by atoms with E-state index in [9.17, 15) is 19.4 Å². The van der Waals surface area contributed by atoms with E-state index < -0.39 is 24.4 Å². The molecule has 27 heavy (non-hydrogen) atoms. The summed E-state index contributed by atoms with van der Waals surface area (Å²) in [7, 11) is 1.58. The second-order valence-corrected chi connectivity index (χ2v) is 5.92. The van der Waals surface area contributed by atoms with Gasteiger partial charge in [-0.2, -0.15) is 4.98 Å². The fourth-order valence-corrected chi connectivity index (χ4v) is 2.71. The average Bonchev–Trinajstić information content (AvgIpc) is 3.12. The Hall–Kier alpha value is -3.17. The van der Waals surface area contributed by atoms with Crippen molar-refractivity contribution in [3.05, 3.63) is 65.6 Å². The molecule has 0 aliphatic heterocycles. The normalized spacial score (nSPS) is 12.3. The van der Waals surface area contributed by atoms with Crippen molar-refractivity contribution in [2.75, 3.05) is 7.05 Å². The highest BCUT2D eigenvalue weighted by atomic mass is 19.1. The summed E-state index contributed by atoms with van der Waals surface area (Å²) in [6.45, 7) is -0.454. The van der Waals surface area contributed by atoms with Crippen LogP contribution < -0.4 is 0 Å². The van der Waals surface area contributed by atoms with Gasteiger partial charge in [0, 0.05) is 23.5 Å². The molecule has 8 nitrogen and oxygen atoms in total. The van der Waals surface area contributed by atoms with Gasteiger partial charge in [0.1, 0.15) is 11.9 Å². The minimum Gasteiger partial charge on any atom is -0.480 e. The van der Waals surface area contributed by atoms with Crippen LogP contribution in [0.1, 0.15) is 23.1 Å². The third kappa shape index (κ3) is 4.15. The number of hydrogen-bond donors (Lipinski definition) is 2. The van der Waals surface area contributed by atoms with E-state index in [2.05, 4.69) is 15.1 Å². The van der Waals surface area contributed by atoms with Gasteiger partial charge in [-0.1, -0.05) is 11.2 Å². The zero-order chi connectivity index (χ0) is 19.4. The number of carboxylic acid groups (broad SMARTS) is 1. The van der Waals surface area contributed by atoms with Gasteiger partial charge in [-0.25, -0.2) is 4.39 Å². The third-order valence-corrected chi connectivity index (χ3v) is 4.00. The van der Waals surface area contributed by atoms with Gasteiger partial charge in [-0.15, -0.1) is 0 Å². The predicted molar refractivity (Wildman–Crippen MR) is 91.7 cm³/mol. The van der Waals surface area contributed by atoms with E-state index in [1.165, 1.54) is 17.0 Å². The molecule has 1 atom stereocenters. The van der Waals surface area contributed by atoms with E-state index in [0.717, 1.165) is 6.07 Å². The molecule has 0 saturated heterocycles. The van der Waals surface area contributed by atoms with Crippen LogP contribution in [0.4, 0.5) is 4.39 Å². The lowest BCUT2D eigenvalue weighted by molar-refractivity contribution is -0.143. The number of nitrogens with zero attached hydrogens (tertiary/aromatic N) is 4. The molecular formula is C18H17FN4O4. The zero-order valence-electron chi connectivity index (χ0n) is 14.4. The second-order valence-electron chi connectivity index (χ2n) is 5.92. The first-order valence-corrected chi connectivity index (χ1v) is 8.05. The Balaban J connectivity index is 1.81. The van der Waals surface area contributed by atoms with Crippen LogP contribution in [0.2, 0.25) is 0 Å². The van der Waals surface area contributed by atoms with Crippen molar-refractivity contribution < 1.29 is 23.9 Å². The number of aromatic nitrogens is 3. The fourth-order valence-electron chi connectivity index (χ4n) is 2.71. The standard InChI is InChI=1S/C18H17FN4O4/c1-23(9-15-21-17(22-27-15)12-3-2-6-20-8-12)16(18(25)26)11-4-5-14(19)13(7-11)10-24/h2-8,16,24H,9-10H2,1H3,(H,25,26). The highest BCUT2D eigenvalue weighted by Crippen LogP contribution is 2.24. The molecule has 0 amide bonds. The van der Waals surface area contributed by atoms with Gasteiger partial charge < -0.3 is 14.7 Å². The molecule has 0 aliphatic carbocycles. The summed E-state index contributed by atoms with van der Waals surface area (Å²) in [6, 6.07) is 6.28. The van der Waals surface area contributed by atoms with Crippen LogP contribution in [-0.2, 0) is 17.9 Å². The van der Waals surface area contributed by atoms with Crippen molar-refractivity contribution in [2.45, 2.75) is 19.2 Å². The van der Waals surface area contributed by atoms with E-state index in [4.69, 9.17) is 4.52 Å². The third-order valence-electron chi connectivity index (χ3n) is 4.00. The minimum atomic E-state index is -1.13. The molecule has 3 aromatic rings. The summed E-state index contributed by atoms with van der Waals surface area (Å²) in [5.74, 6) is -1.14. The molecule has 9 heteroatoms. The van der Waals surface area contributed by atoms with E-state index >= 15 is 0 Å². The number of likely N-dealkylation sites (N-methyl/N-ethyl adjacent to an activating group) is 1. The highest BCUT2D eigenvalue weighted by molar-refractivity contribution is 5.75. The summed E-state index contributed by atoms with van der Waals surface area (Å²) in [4.78, 5) is 21.5. The van der Waals surface area contributed by atoms with Crippen LogP contribution in [0, 0.1) is 5.82 Å². The van der Waals surface area contributed by atoms with Crippen molar-refractivity contribution in [3.63, 3.8) is 0 Å². The topological polar surface area (TPSA) is 113 Å². The van der Waals surface area contributed by atoms with Crippen LogP contribution >= 0.6 is 0 Å². The lowest BCUT2D eigenvalue weighted by atomic mass is 10.0. The van der Waals surface area contributed by atoms with E-state index in [1.807, 2.05) is 0 Å². The number of pyridine rings is 1. The zero-order valence-corrected chi connectivity index (χ0v) is 14.4. The molecule has 140 valence electrons. The van der Waals surface area contributed by atoms with Crippen LogP contribution in [0.25, 0.3) is 11.4 Å². The quantitative estimate of drug-likeness (QED) is 0.648. The van der Waals surface area contributed by atoms with Crippen LogP contribution in [-0.4, -0.2) is 43.3 Å². The molecule has 1 unspecified atom stereocenters. The second kappa shape index (κ2) is 8.02. The Kier molecular flexibility index (Phi) is 5.53. The highest BCUT2D eigenvalue weighted by Gasteiger charge is 2.27. The molecule has 2 heterocycles. The molecular weight excluding hydrogens is 355 g/mol. The Morgan fingerprint density at radius 2 is 2.19 bits per heavy atom. The van der Waals surface area contributed by atoms with Crippen LogP contribution in [0.15, 0.2) is 47.2 Å². The van der Waals surface area contributed by atoms with Gasteiger partial charge in [-0.05, 0) is 36.9 Å². The number of halogens is 1. The van der Waals surface area contributed by atoms with Gasteiger partial charge in [0.15, 0.2) is 0 Å². The van der Waals surface area contributed by atoms with Gasteiger partial charge in [0.25, 0.3) is 0 Å². The lowest BCUT2D eigenvalue weighted by Gasteiger charge is -2.23. The van der Waals surface area contributed by atoms with Gasteiger partial charge in [-0.3, -0.25) is 14.7 Å². The molecule has 1 aromatic carbocycles. The van der Waals surface area contributed by atoms with Gasteiger partial charge >= 0.3 is 5.97 Å². The van der Waals surface area contributed by atoms with Crippen molar-refractivity contribution in [1.82, 2.24) is 20.0 Å². The van der Waals surface area contributed by atoms with Gasteiger partial charge in [0.2, 0.25) is 11.7 Å². The predicted octanol–water partition coefficient (Wildman–Crippen LogP) is 2.02. The largest absolute Gasteiger partial charge is 0.480 e. The molecule has 0 saturated carbocycles. The molecule has 2 aromatic heterocycles. The Morgan fingerprint density at radius 1 is 1.37 bits per heavy atom. The first-order chi connectivity index (χ1) is 13.0. The summed E-state index contributed by atoms with van der Waals surface area (Å²) in [5, 5.41) is 22.7. The number of rotatable bonds is 7. The first-order valence-electron chi connectivity index (χ1n) is 8.05. The molecule has 0 fully saturated rings. The average molecular weight is 372 g/mol. The number of benzene rings is 1. The first kappa shape index (κ1) is 18.6. The van der Waals surface area contributed by atoms with E-state index in [-0.39, 0.29) is 18.0 Å². The summed E-state index contributed by atoms with van der Waals surface area (Å²) >= 11 is 0. The Morgan fingerprint density at radius 3 is 2.85 bits per heavy atom. The van der Waals surface area contributed by atoms with Crippen molar-refractivity contribution in [2.24, 2.45) is 0 Å². The van der Waals surface area contributed by atoms with Crippen molar-refractivity contribution in [1.29, 1.82) is 0 Å². The summed E-state index contributed by atoms with van der Waals surface area (Å²) in [5.41, 5.74) is 1.04. The number of aliphatic hydroxyl groups is 1. The van der Waals surface area contributed by atoms with Gasteiger partial charge in [0.05, 0.1) is 13.2 Å².